The fraction of sp³-hybridized carbons (Fsp3) is 0.353. The van der Waals surface area contributed by atoms with Gasteiger partial charge >= 0.3 is 0 Å². The molecule has 1 aromatic heterocycles. The molecule has 1 aliphatic rings. The number of carbonyl (C=O) groups excluding carboxylic acids is 1. The third-order valence-corrected chi connectivity index (χ3v) is 3.72. The molecule has 0 saturated carbocycles. The van der Waals surface area contributed by atoms with Crippen molar-refractivity contribution in [2.45, 2.75) is 25.5 Å². The van der Waals surface area contributed by atoms with Gasteiger partial charge in [0.15, 0.2) is 0 Å². The summed E-state index contributed by atoms with van der Waals surface area (Å²) in [5.41, 5.74) is 0.988. The lowest BCUT2D eigenvalue weighted by molar-refractivity contribution is -0.0136. The van der Waals surface area contributed by atoms with Crippen molar-refractivity contribution in [1.82, 2.24) is 15.3 Å². The highest BCUT2D eigenvalue weighted by molar-refractivity contribution is 5.92. The Hall–Kier alpha value is -2.54. The van der Waals surface area contributed by atoms with Crippen LogP contribution in [0.4, 0.5) is 4.39 Å². The number of ether oxygens (including phenoxy) is 2. The minimum Gasteiger partial charge on any atom is -0.486 e. The zero-order chi connectivity index (χ0) is 16.9. The zero-order valence-corrected chi connectivity index (χ0v) is 13.2. The summed E-state index contributed by atoms with van der Waals surface area (Å²) in [6, 6.07) is 5.64. The van der Waals surface area contributed by atoms with Gasteiger partial charge in [-0.3, -0.25) is 9.78 Å². The van der Waals surface area contributed by atoms with Gasteiger partial charge in [0, 0.05) is 18.9 Å². The Morgan fingerprint density at radius 1 is 1.38 bits per heavy atom. The number of halogens is 1. The van der Waals surface area contributed by atoms with Gasteiger partial charge in [0.1, 0.15) is 23.4 Å². The molecule has 0 radical (unpaired) electrons. The molecule has 0 spiro atoms. The first kappa shape index (κ1) is 16.3. The van der Waals surface area contributed by atoms with Crippen LogP contribution in [-0.4, -0.2) is 41.2 Å². The van der Waals surface area contributed by atoms with Gasteiger partial charge in [-0.1, -0.05) is 6.07 Å². The quantitative estimate of drug-likeness (QED) is 0.926. The van der Waals surface area contributed by atoms with Crippen LogP contribution >= 0.6 is 0 Å². The van der Waals surface area contributed by atoms with Crippen LogP contribution in [-0.2, 0) is 4.74 Å². The van der Waals surface area contributed by atoms with Crippen molar-refractivity contribution < 1.29 is 18.7 Å². The van der Waals surface area contributed by atoms with Crippen molar-refractivity contribution in [3.8, 4) is 5.75 Å². The number of aromatic nitrogens is 2. The van der Waals surface area contributed by atoms with Gasteiger partial charge in [0.25, 0.3) is 5.91 Å². The number of amides is 1. The van der Waals surface area contributed by atoms with Gasteiger partial charge in [0.05, 0.1) is 24.5 Å². The van der Waals surface area contributed by atoms with Crippen molar-refractivity contribution in [3.05, 3.63) is 53.9 Å². The number of hydrogen-bond donors (Lipinski definition) is 1. The first-order valence-corrected chi connectivity index (χ1v) is 7.71. The minimum absolute atomic E-state index is 0.247. The van der Waals surface area contributed by atoms with Crippen molar-refractivity contribution >= 4 is 5.91 Å². The Kier molecular flexibility index (Phi) is 5.00. The van der Waals surface area contributed by atoms with E-state index in [0.29, 0.717) is 25.4 Å². The molecular formula is C17H18FN3O3. The lowest BCUT2D eigenvalue weighted by atomic mass is 10.1. The molecule has 2 atom stereocenters. The Morgan fingerprint density at radius 3 is 3.00 bits per heavy atom. The minimum atomic E-state index is -0.400. The number of nitrogens with one attached hydrogen (secondary N) is 1. The van der Waals surface area contributed by atoms with Crippen molar-refractivity contribution in [2.75, 3.05) is 13.2 Å². The molecule has 7 heteroatoms. The maximum absolute atomic E-state index is 13.3. The number of rotatable bonds is 4. The van der Waals surface area contributed by atoms with Gasteiger partial charge in [-0.15, -0.1) is 0 Å². The van der Waals surface area contributed by atoms with E-state index in [2.05, 4.69) is 15.3 Å². The second-order valence-electron chi connectivity index (χ2n) is 5.60. The molecule has 1 fully saturated rings. The number of hydrogen-bond acceptors (Lipinski definition) is 5. The summed E-state index contributed by atoms with van der Waals surface area (Å²) in [5.74, 6) is -0.290. The molecule has 3 rings (SSSR count). The van der Waals surface area contributed by atoms with Crippen LogP contribution in [0, 0.1) is 12.7 Å². The third kappa shape index (κ3) is 4.05. The fourth-order valence-electron chi connectivity index (χ4n) is 2.46. The highest BCUT2D eigenvalue weighted by Gasteiger charge is 2.29. The lowest BCUT2D eigenvalue weighted by Gasteiger charge is -2.32. The van der Waals surface area contributed by atoms with Crippen LogP contribution in [0.2, 0.25) is 0 Å². The van der Waals surface area contributed by atoms with Crippen molar-refractivity contribution in [1.29, 1.82) is 0 Å². The van der Waals surface area contributed by atoms with E-state index in [1.54, 1.807) is 25.3 Å². The zero-order valence-electron chi connectivity index (χ0n) is 13.2. The smallest absolute Gasteiger partial charge is 0.271 e. The molecule has 1 aromatic carbocycles. The molecule has 2 aromatic rings. The van der Waals surface area contributed by atoms with Crippen LogP contribution in [0.25, 0.3) is 0 Å². The van der Waals surface area contributed by atoms with E-state index in [0.717, 1.165) is 5.69 Å². The lowest BCUT2D eigenvalue weighted by Crippen LogP contribution is -2.51. The monoisotopic (exact) mass is 331 g/mol. The summed E-state index contributed by atoms with van der Waals surface area (Å²) < 4.78 is 24.5. The predicted molar refractivity (Wildman–Crippen MR) is 84.3 cm³/mol. The Morgan fingerprint density at radius 2 is 2.25 bits per heavy atom. The van der Waals surface area contributed by atoms with Crippen LogP contribution in [0.15, 0.2) is 36.7 Å². The molecule has 0 aliphatic carbocycles. The molecule has 6 nitrogen and oxygen atoms in total. The van der Waals surface area contributed by atoms with Gasteiger partial charge in [-0.2, -0.15) is 0 Å². The van der Waals surface area contributed by atoms with Crippen LogP contribution in [0.3, 0.4) is 0 Å². The topological polar surface area (TPSA) is 73.3 Å². The first-order chi connectivity index (χ1) is 11.6. The first-order valence-electron chi connectivity index (χ1n) is 7.71. The fourth-order valence-corrected chi connectivity index (χ4v) is 2.46. The third-order valence-electron chi connectivity index (χ3n) is 3.72. The van der Waals surface area contributed by atoms with E-state index in [9.17, 15) is 9.18 Å². The molecular weight excluding hydrogens is 313 g/mol. The summed E-state index contributed by atoms with van der Waals surface area (Å²) in [5, 5.41) is 2.90. The molecule has 2 heterocycles. The number of carbonyl (C=O) groups is 1. The highest BCUT2D eigenvalue weighted by Crippen LogP contribution is 2.19. The number of nitrogens with zero attached hydrogens (tertiary/aromatic N) is 2. The van der Waals surface area contributed by atoms with Gasteiger partial charge in [0.2, 0.25) is 0 Å². The Labute approximate surface area is 139 Å². The second-order valence-corrected chi connectivity index (χ2v) is 5.60. The molecule has 0 bridgehead atoms. The summed E-state index contributed by atoms with van der Waals surface area (Å²) in [6.07, 6.45) is 3.18. The van der Waals surface area contributed by atoms with Gasteiger partial charge < -0.3 is 14.8 Å². The maximum Gasteiger partial charge on any atom is 0.271 e. The number of aryl methyl sites for hydroxylation is 1. The molecule has 1 N–H and O–H groups in total. The summed E-state index contributed by atoms with van der Waals surface area (Å²) in [7, 11) is 0. The average Bonchev–Trinajstić information content (AvgIpc) is 2.57. The molecule has 126 valence electrons. The predicted octanol–water partition coefficient (Wildman–Crippen LogP) is 1.89. The van der Waals surface area contributed by atoms with E-state index >= 15 is 0 Å². The van der Waals surface area contributed by atoms with Crippen LogP contribution < -0.4 is 10.1 Å². The Balaban J connectivity index is 1.67. The number of benzene rings is 1. The average molecular weight is 331 g/mol. The van der Waals surface area contributed by atoms with Crippen molar-refractivity contribution in [2.24, 2.45) is 0 Å². The van der Waals surface area contributed by atoms with Gasteiger partial charge in [-0.05, 0) is 25.5 Å². The Bertz CT molecular complexity index is 708. The van der Waals surface area contributed by atoms with Crippen LogP contribution in [0.5, 0.6) is 5.75 Å². The SMILES string of the molecule is Cc1cnc(C(=O)NC2CCOCC2Oc2cccc(F)c2)cn1. The molecule has 1 amide bonds. The highest BCUT2D eigenvalue weighted by atomic mass is 19.1. The van der Waals surface area contributed by atoms with E-state index in [1.807, 2.05) is 0 Å². The van der Waals surface area contributed by atoms with E-state index in [4.69, 9.17) is 9.47 Å². The van der Waals surface area contributed by atoms with E-state index in [1.165, 1.54) is 18.3 Å². The van der Waals surface area contributed by atoms with Crippen LogP contribution in [0.1, 0.15) is 22.6 Å². The van der Waals surface area contributed by atoms with E-state index < -0.39 is 6.10 Å². The molecule has 1 saturated heterocycles. The second kappa shape index (κ2) is 7.35. The summed E-state index contributed by atoms with van der Waals surface area (Å²) >= 11 is 0. The summed E-state index contributed by atoms with van der Waals surface area (Å²) in [6.45, 7) is 2.64. The van der Waals surface area contributed by atoms with Crippen molar-refractivity contribution in [3.63, 3.8) is 0 Å². The molecule has 1 aliphatic heterocycles. The van der Waals surface area contributed by atoms with E-state index in [-0.39, 0.29) is 23.5 Å². The molecule has 2 unspecified atom stereocenters. The van der Waals surface area contributed by atoms with Gasteiger partial charge in [-0.25, -0.2) is 9.37 Å². The normalized spacial score (nSPS) is 20.4. The maximum atomic E-state index is 13.3. The largest absolute Gasteiger partial charge is 0.486 e. The standard InChI is InChI=1S/C17H18FN3O3/c1-11-8-20-15(9-19-11)17(22)21-14-5-6-23-10-16(14)24-13-4-2-3-12(18)7-13/h2-4,7-9,14,16H,5-6,10H2,1H3,(H,21,22). The molecule has 24 heavy (non-hydrogen) atoms. The summed E-state index contributed by atoms with van der Waals surface area (Å²) in [4.78, 5) is 20.4.